The Bertz CT molecular complexity index is 1660. The predicted molar refractivity (Wildman–Crippen MR) is 222 cm³/mol. The van der Waals surface area contributed by atoms with E-state index in [9.17, 15) is 44.1 Å². The summed E-state index contributed by atoms with van der Waals surface area (Å²) < 4.78 is 51.1. The third kappa shape index (κ3) is 12.7. The number of esters is 1. The van der Waals surface area contributed by atoms with Gasteiger partial charge in [0.15, 0.2) is 12.6 Å². The van der Waals surface area contributed by atoms with Crippen molar-refractivity contribution < 1.29 is 132 Å². The zero-order chi connectivity index (χ0) is 45.5. The Morgan fingerprint density at radius 2 is 1.59 bits per heavy atom. The van der Waals surface area contributed by atoms with E-state index in [0.717, 1.165) is 0 Å². The molecule has 0 radical (unpaired) electrons. The van der Waals surface area contributed by atoms with Gasteiger partial charge in [0.1, 0.15) is 18.0 Å². The van der Waals surface area contributed by atoms with Crippen LogP contribution in [0.3, 0.4) is 0 Å². The predicted octanol–water partition coefficient (Wildman–Crippen LogP) is -1.39. The molecule has 19 heteroatoms. The number of aliphatic carboxylic acids is 1. The molecule has 0 aromatic rings. The first-order chi connectivity index (χ1) is 28.4. The van der Waals surface area contributed by atoms with Crippen LogP contribution in [-0.2, 0) is 47.4 Å². The van der Waals surface area contributed by atoms with Gasteiger partial charge < -0.3 is 58.3 Å². The molecule has 63 heavy (non-hydrogen) atoms. The van der Waals surface area contributed by atoms with Crippen LogP contribution in [0.2, 0.25) is 0 Å². The number of ether oxygens (including phenoxy) is 6. The van der Waals surface area contributed by atoms with Crippen LogP contribution in [0.15, 0.2) is 12.2 Å². The van der Waals surface area contributed by atoms with Crippen LogP contribution < -0.4 is 69.1 Å². The van der Waals surface area contributed by atoms with Gasteiger partial charge in [-0.2, -0.15) is 0 Å². The molecule has 0 aromatic carbocycles. The van der Waals surface area contributed by atoms with E-state index in [1.807, 2.05) is 48.5 Å². The van der Waals surface area contributed by atoms with Gasteiger partial charge in [0.05, 0.1) is 53.4 Å². The summed E-state index contributed by atoms with van der Waals surface area (Å²) >= 11 is 0.0323. The molecule has 4 saturated heterocycles. The normalized spacial score (nSPS) is 41.3. The van der Waals surface area contributed by atoms with Crippen molar-refractivity contribution in [3.05, 3.63) is 12.2 Å². The Labute approximate surface area is 422 Å². The fourth-order valence-corrected chi connectivity index (χ4v) is 12.1. The average Bonchev–Trinajstić information content (AvgIpc) is 3.54. The smallest absolute Gasteiger partial charge is 0.770 e. The molecule has 3 unspecified atom stereocenters. The third-order valence-electron chi connectivity index (χ3n) is 15.0. The summed E-state index contributed by atoms with van der Waals surface area (Å²) in [5.74, 6) is -9.58. The second-order valence-electron chi connectivity index (χ2n) is 19.1. The van der Waals surface area contributed by atoms with Crippen molar-refractivity contribution in [2.75, 3.05) is 5.75 Å². The first-order valence-corrected chi connectivity index (χ1v) is 25.7. The molecular weight excluding hydrogens is 877 g/mol. The summed E-state index contributed by atoms with van der Waals surface area (Å²) in [5, 5.41) is 34.6. The van der Waals surface area contributed by atoms with Gasteiger partial charge >= 0.3 is 65.1 Å². The van der Waals surface area contributed by atoms with Gasteiger partial charge in [-0.3, -0.25) is 14.2 Å². The molecule has 5 rings (SSSR count). The van der Waals surface area contributed by atoms with E-state index in [1.54, 1.807) is 32.9 Å². The summed E-state index contributed by atoms with van der Waals surface area (Å²) in [6.07, 6.45) is 3.35. The Morgan fingerprint density at radius 1 is 0.937 bits per heavy atom. The molecule has 0 amide bonds. The van der Waals surface area contributed by atoms with Gasteiger partial charge in [0.2, 0.25) is 5.79 Å². The van der Waals surface area contributed by atoms with Gasteiger partial charge in [-0.1, -0.05) is 66.8 Å². The first kappa shape index (κ1) is 57.9. The van der Waals surface area contributed by atoms with E-state index in [0.29, 0.717) is 64.2 Å². The minimum Gasteiger partial charge on any atom is -0.770 e. The number of carbonyl (C=O) groups is 3. The number of Topliss-reactive ketones (excluding diaryl/α,β-unsaturated/α-hetero) is 1. The molecule has 0 aliphatic carbocycles. The number of carboxylic acid groups (broad SMARTS) is 1. The van der Waals surface area contributed by atoms with Crippen molar-refractivity contribution in [1.29, 1.82) is 0 Å². The topological polar surface area (TPSA) is 230 Å². The van der Waals surface area contributed by atoms with Crippen molar-refractivity contribution in [2.45, 2.75) is 199 Å². The Morgan fingerprint density at radius 3 is 2.16 bits per heavy atom. The van der Waals surface area contributed by atoms with E-state index in [-0.39, 0.29) is 100 Å². The van der Waals surface area contributed by atoms with E-state index >= 15 is 0 Å². The molecule has 5 aliphatic heterocycles. The standard InChI is InChI=1S/C44H73O15PS.2Na/c1-11-30(40(48)49)32-15-14-24(4)37(55-32)28(8)39(56-35(46)23-61-60(51,52)53)27(7)36(47)31(12-2)38-25(5)22-26(6)43(57-38)19-16-33(45)44(59-43)21-20-41(10,58-44)34-17-18-42(50,13-3)29(9)54-34;;/h16,19,24-34,37-39,45,50H,11-15,17-18,20-23H2,1-10H3,(H,48,49)(H2,51,52,53);;/q;2*+1/p-2/t24-,25+,26-,27+,28+,29+,30+,31?,32?,33-,34-,37+,38+,39+,41+,42-,43-,44-;;/m1../s1. The Hall–Kier alpha value is 0.570. The van der Waals surface area contributed by atoms with Crippen molar-refractivity contribution >= 4 is 35.9 Å². The zero-order valence-electron chi connectivity index (χ0n) is 39.6. The summed E-state index contributed by atoms with van der Waals surface area (Å²) in [4.78, 5) is 61.1. The SMILES string of the molecule is CCC(C(=O)[C@H](C)[C@H](OC(=O)CSP(=O)([O-])O)[C@@H](C)[C@H]1OC([C@H](CC)C(=O)[O-])CC[C@H]1C)[C@H]1O[C@@]2(C=C[C@@H](O)[C@@]3(CC[C@@](C)([C@H]4CC[C@](O)(CC)[C@H](C)O4)O3)O2)[C@H](C)C[C@@H]1C.[Na+].[Na+]. The van der Waals surface area contributed by atoms with Gasteiger partial charge in [-0.15, -0.1) is 0 Å². The maximum atomic E-state index is 15.0. The molecule has 350 valence electrons. The van der Waals surface area contributed by atoms with Crippen molar-refractivity contribution in [3.63, 3.8) is 0 Å². The minimum absolute atomic E-state index is 0. The molecule has 3 N–H and O–H groups in total. The fourth-order valence-electron chi connectivity index (χ4n) is 11.0. The van der Waals surface area contributed by atoms with E-state index < -0.39 is 108 Å². The molecule has 5 heterocycles. The Balaban J connectivity index is 0.00000528. The van der Waals surface area contributed by atoms with Gasteiger partial charge in [0, 0.05) is 36.1 Å². The van der Waals surface area contributed by atoms with E-state index in [1.165, 1.54) is 0 Å². The maximum absolute atomic E-state index is 15.0. The zero-order valence-corrected chi connectivity index (χ0v) is 45.3. The molecular formula is C44H71Na2O15PS. The van der Waals surface area contributed by atoms with Crippen LogP contribution in [0.4, 0.5) is 0 Å². The molecule has 5 aliphatic rings. The largest absolute Gasteiger partial charge is 1.00 e. The third-order valence-corrected chi connectivity index (χ3v) is 17.1. The van der Waals surface area contributed by atoms with E-state index in [4.69, 9.17) is 28.4 Å². The number of hydrogen-bond donors (Lipinski definition) is 3. The average molecular weight is 949 g/mol. The monoisotopic (exact) mass is 948 g/mol. The second-order valence-corrected chi connectivity index (χ2v) is 22.7. The minimum atomic E-state index is -4.86. The van der Waals surface area contributed by atoms with Crippen LogP contribution in [0, 0.1) is 41.4 Å². The summed E-state index contributed by atoms with van der Waals surface area (Å²) in [7, 11) is 0. The van der Waals surface area contributed by atoms with Crippen LogP contribution >= 0.6 is 18.2 Å². The molecule has 4 fully saturated rings. The molecule has 15 nitrogen and oxygen atoms in total. The molecule has 0 bridgehead atoms. The van der Waals surface area contributed by atoms with Crippen molar-refractivity contribution in [3.8, 4) is 0 Å². The van der Waals surface area contributed by atoms with Gasteiger partial charge in [0.25, 0.3) is 0 Å². The number of ketones is 1. The maximum Gasteiger partial charge on any atom is 1.00 e. The summed E-state index contributed by atoms with van der Waals surface area (Å²) in [6.45, 7) is 13.9. The second kappa shape index (κ2) is 23.0. The van der Waals surface area contributed by atoms with Crippen LogP contribution in [0.1, 0.15) is 133 Å². The number of aliphatic hydroxyl groups is 2. The van der Waals surface area contributed by atoms with Crippen LogP contribution in [0.25, 0.3) is 0 Å². The molecule has 2 spiro atoms. The molecule has 19 atom stereocenters. The quantitative estimate of drug-likeness (QED) is 0.0700. The number of carboxylic acids is 1. The summed E-state index contributed by atoms with van der Waals surface area (Å²) in [6, 6.07) is 0. The number of carbonyl (C=O) groups excluding carboxylic acids is 3. The van der Waals surface area contributed by atoms with Crippen molar-refractivity contribution in [2.24, 2.45) is 41.4 Å². The van der Waals surface area contributed by atoms with Gasteiger partial charge in [-0.25, -0.2) is 0 Å². The van der Waals surface area contributed by atoms with E-state index in [2.05, 4.69) is 0 Å². The van der Waals surface area contributed by atoms with Crippen LogP contribution in [-0.4, -0.2) is 104 Å². The number of rotatable bonds is 16. The number of hydrogen-bond acceptors (Lipinski definition) is 15. The summed E-state index contributed by atoms with van der Waals surface area (Å²) in [5.41, 5.74) is -1.76. The Kier molecular flexibility index (Phi) is 21.1. The van der Waals surface area contributed by atoms with Gasteiger partial charge in [-0.05, 0) is 95.6 Å². The fraction of sp³-hybridized carbons (Fsp3) is 0.886. The number of aliphatic hydroxyl groups excluding tert-OH is 1. The van der Waals surface area contributed by atoms with Crippen molar-refractivity contribution in [1.82, 2.24) is 0 Å². The molecule has 0 saturated carbocycles. The van der Waals surface area contributed by atoms with Crippen LogP contribution in [0.5, 0.6) is 0 Å². The molecule has 0 aromatic heterocycles. The first-order valence-electron chi connectivity index (χ1n) is 22.5.